The first kappa shape index (κ1) is 20.5. The molecule has 0 aromatic heterocycles. The van der Waals surface area contributed by atoms with Gasteiger partial charge in [0.2, 0.25) is 5.91 Å². The molecule has 6 heteroatoms. The molecule has 0 spiro atoms. The second-order valence-electron chi connectivity index (χ2n) is 6.31. The lowest BCUT2D eigenvalue weighted by molar-refractivity contribution is -0.114. The summed E-state index contributed by atoms with van der Waals surface area (Å²) in [5.74, 6) is -0.155. The molecule has 2 aromatic carbocycles. The normalized spacial score (nSPS) is 10.5. The van der Waals surface area contributed by atoms with Crippen LogP contribution in [0.3, 0.4) is 0 Å². The molecule has 0 aliphatic heterocycles. The summed E-state index contributed by atoms with van der Waals surface area (Å²) in [5, 5.41) is 8.27. The zero-order valence-corrected chi connectivity index (χ0v) is 16.2. The molecule has 6 nitrogen and oxygen atoms in total. The van der Waals surface area contributed by atoms with Crippen molar-refractivity contribution in [1.82, 2.24) is 4.90 Å². The number of amides is 3. The highest BCUT2D eigenvalue weighted by atomic mass is 16.2. The van der Waals surface area contributed by atoms with Crippen molar-refractivity contribution in [2.45, 2.75) is 27.2 Å². The molecule has 27 heavy (non-hydrogen) atoms. The van der Waals surface area contributed by atoms with Gasteiger partial charge in [0, 0.05) is 30.5 Å². The summed E-state index contributed by atoms with van der Waals surface area (Å²) >= 11 is 0. The first-order valence-corrected chi connectivity index (χ1v) is 9.27. The Bertz CT molecular complexity index is 755. The molecule has 0 radical (unpaired) electrons. The lowest BCUT2D eigenvalue weighted by Crippen LogP contribution is -2.25. The van der Waals surface area contributed by atoms with Gasteiger partial charge in [-0.05, 0) is 55.4 Å². The van der Waals surface area contributed by atoms with E-state index in [1.54, 1.807) is 24.3 Å². The van der Waals surface area contributed by atoms with Crippen molar-refractivity contribution >= 4 is 29.0 Å². The minimum atomic E-state index is -0.328. The maximum Gasteiger partial charge on any atom is 0.323 e. The Morgan fingerprint density at radius 2 is 1.44 bits per heavy atom. The van der Waals surface area contributed by atoms with Crippen LogP contribution in [0.4, 0.5) is 21.9 Å². The maximum absolute atomic E-state index is 12.2. The fourth-order valence-electron chi connectivity index (χ4n) is 2.75. The Hall–Kier alpha value is -2.86. The molecule has 0 heterocycles. The van der Waals surface area contributed by atoms with E-state index in [1.165, 1.54) is 12.5 Å². The number of carbonyl (C=O) groups is 2. The minimum Gasteiger partial charge on any atom is -0.326 e. The number of nitrogens with zero attached hydrogens (tertiary/aromatic N) is 1. The molecule has 0 unspecified atom stereocenters. The Kier molecular flexibility index (Phi) is 7.82. The summed E-state index contributed by atoms with van der Waals surface area (Å²) in [6.45, 7) is 8.92. The molecule has 0 aliphatic carbocycles. The SMILES string of the molecule is CCN(CC)CCc1ccc(NC(=O)Nc2cccc(NC(C)=O)c2)cc1. The molecular formula is C21H28N4O2. The first-order valence-electron chi connectivity index (χ1n) is 9.27. The van der Waals surface area contributed by atoms with Crippen molar-refractivity contribution in [3.8, 4) is 0 Å². The van der Waals surface area contributed by atoms with Gasteiger partial charge in [0.15, 0.2) is 0 Å². The topological polar surface area (TPSA) is 73.5 Å². The van der Waals surface area contributed by atoms with Crippen molar-refractivity contribution < 1.29 is 9.59 Å². The second-order valence-corrected chi connectivity index (χ2v) is 6.31. The number of anilines is 3. The Labute approximate surface area is 161 Å². The largest absolute Gasteiger partial charge is 0.326 e. The van der Waals surface area contributed by atoms with Crippen LogP contribution in [0.5, 0.6) is 0 Å². The fraction of sp³-hybridized carbons (Fsp3) is 0.333. The second kappa shape index (κ2) is 10.3. The molecule has 3 amide bonds. The zero-order valence-electron chi connectivity index (χ0n) is 16.2. The molecule has 0 fully saturated rings. The number of urea groups is 1. The van der Waals surface area contributed by atoms with Gasteiger partial charge in [-0.1, -0.05) is 32.0 Å². The third-order valence-corrected chi connectivity index (χ3v) is 4.26. The number of hydrogen-bond donors (Lipinski definition) is 3. The maximum atomic E-state index is 12.2. The summed E-state index contributed by atoms with van der Waals surface area (Å²) in [7, 11) is 0. The van der Waals surface area contributed by atoms with Crippen LogP contribution in [0.25, 0.3) is 0 Å². The third kappa shape index (κ3) is 7.11. The standard InChI is InChI=1S/C21H28N4O2/c1-4-25(5-2)14-13-17-9-11-18(12-10-17)23-21(27)24-20-8-6-7-19(15-20)22-16(3)26/h6-12,15H,4-5,13-14H2,1-3H3,(H,22,26)(H2,23,24,27). The van der Waals surface area contributed by atoms with E-state index in [0.29, 0.717) is 11.4 Å². The van der Waals surface area contributed by atoms with E-state index in [9.17, 15) is 9.59 Å². The molecular weight excluding hydrogens is 340 g/mol. The summed E-state index contributed by atoms with van der Waals surface area (Å²) in [6, 6.07) is 14.6. The van der Waals surface area contributed by atoms with Crippen molar-refractivity contribution in [2.75, 3.05) is 35.6 Å². The van der Waals surface area contributed by atoms with Gasteiger partial charge in [-0.15, -0.1) is 0 Å². The lowest BCUT2D eigenvalue weighted by Gasteiger charge is -2.17. The first-order chi connectivity index (χ1) is 13.0. The average Bonchev–Trinajstić information content (AvgIpc) is 2.63. The van der Waals surface area contributed by atoms with Crippen LogP contribution in [0.15, 0.2) is 48.5 Å². The number of hydrogen-bond acceptors (Lipinski definition) is 3. The molecule has 0 saturated heterocycles. The van der Waals surface area contributed by atoms with E-state index < -0.39 is 0 Å². The van der Waals surface area contributed by atoms with E-state index in [-0.39, 0.29) is 11.9 Å². The smallest absolute Gasteiger partial charge is 0.323 e. The van der Waals surface area contributed by atoms with Gasteiger partial charge in [-0.2, -0.15) is 0 Å². The Morgan fingerprint density at radius 1 is 0.852 bits per heavy atom. The van der Waals surface area contributed by atoms with E-state index in [2.05, 4.69) is 34.7 Å². The number of nitrogens with one attached hydrogen (secondary N) is 3. The molecule has 3 N–H and O–H groups in total. The van der Waals surface area contributed by atoms with Gasteiger partial charge in [0.1, 0.15) is 0 Å². The number of benzene rings is 2. The molecule has 0 bridgehead atoms. The Morgan fingerprint density at radius 3 is 2.04 bits per heavy atom. The summed E-state index contributed by atoms with van der Waals surface area (Å²) < 4.78 is 0. The van der Waals surface area contributed by atoms with Crippen molar-refractivity contribution in [3.63, 3.8) is 0 Å². The number of carbonyl (C=O) groups excluding carboxylic acids is 2. The van der Waals surface area contributed by atoms with Gasteiger partial charge in [-0.3, -0.25) is 4.79 Å². The summed E-state index contributed by atoms with van der Waals surface area (Å²) in [5.41, 5.74) is 3.22. The van der Waals surface area contributed by atoms with Crippen LogP contribution >= 0.6 is 0 Å². The fourth-order valence-corrected chi connectivity index (χ4v) is 2.75. The van der Waals surface area contributed by atoms with E-state index in [1.807, 2.05) is 24.3 Å². The van der Waals surface area contributed by atoms with Crippen LogP contribution < -0.4 is 16.0 Å². The molecule has 0 saturated carbocycles. The van der Waals surface area contributed by atoms with Crippen LogP contribution in [0.2, 0.25) is 0 Å². The van der Waals surface area contributed by atoms with Gasteiger partial charge in [-0.25, -0.2) is 4.79 Å². The third-order valence-electron chi connectivity index (χ3n) is 4.26. The highest BCUT2D eigenvalue weighted by Gasteiger charge is 2.05. The van der Waals surface area contributed by atoms with Crippen LogP contribution in [0, 0.1) is 0 Å². The molecule has 2 rings (SSSR count). The average molecular weight is 368 g/mol. The molecule has 2 aromatic rings. The van der Waals surface area contributed by atoms with Gasteiger partial charge in [0.25, 0.3) is 0 Å². The molecule has 144 valence electrons. The monoisotopic (exact) mass is 368 g/mol. The van der Waals surface area contributed by atoms with E-state index in [0.717, 1.165) is 31.7 Å². The lowest BCUT2D eigenvalue weighted by atomic mass is 10.1. The van der Waals surface area contributed by atoms with E-state index >= 15 is 0 Å². The van der Waals surface area contributed by atoms with Gasteiger partial charge in [0.05, 0.1) is 0 Å². The molecule has 0 aliphatic rings. The summed E-state index contributed by atoms with van der Waals surface area (Å²) in [4.78, 5) is 25.7. The van der Waals surface area contributed by atoms with Crippen LogP contribution in [-0.2, 0) is 11.2 Å². The highest BCUT2D eigenvalue weighted by molar-refractivity contribution is 6.00. The minimum absolute atomic E-state index is 0.155. The van der Waals surface area contributed by atoms with Crippen molar-refractivity contribution in [1.29, 1.82) is 0 Å². The summed E-state index contributed by atoms with van der Waals surface area (Å²) in [6.07, 6.45) is 0.990. The Balaban J connectivity index is 1.87. The molecule has 0 atom stereocenters. The van der Waals surface area contributed by atoms with Gasteiger partial charge >= 0.3 is 6.03 Å². The van der Waals surface area contributed by atoms with Crippen LogP contribution in [-0.4, -0.2) is 36.5 Å². The quantitative estimate of drug-likeness (QED) is 0.655. The van der Waals surface area contributed by atoms with Crippen LogP contribution in [0.1, 0.15) is 26.3 Å². The predicted molar refractivity (Wildman–Crippen MR) is 111 cm³/mol. The van der Waals surface area contributed by atoms with Gasteiger partial charge < -0.3 is 20.9 Å². The number of rotatable bonds is 8. The zero-order chi connectivity index (χ0) is 19.6. The van der Waals surface area contributed by atoms with Crippen molar-refractivity contribution in [3.05, 3.63) is 54.1 Å². The van der Waals surface area contributed by atoms with Crippen molar-refractivity contribution in [2.24, 2.45) is 0 Å². The van der Waals surface area contributed by atoms with E-state index in [4.69, 9.17) is 0 Å². The highest BCUT2D eigenvalue weighted by Crippen LogP contribution is 2.16. The predicted octanol–water partition coefficient (Wildman–Crippen LogP) is 4.17. The number of likely N-dealkylation sites (N-methyl/N-ethyl adjacent to an activating group) is 1.